The third kappa shape index (κ3) is 3.09. The quantitative estimate of drug-likeness (QED) is 0.205. The van der Waals surface area contributed by atoms with Crippen LogP contribution in [0.4, 0.5) is 5.69 Å². The first-order valence-corrected chi connectivity index (χ1v) is 16.0. The molecule has 9 aromatic rings. The second kappa shape index (κ2) is 7.86. The molecule has 0 aliphatic carbocycles. The van der Waals surface area contributed by atoms with E-state index >= 15 is 0 Å². The molecule has 0 unspecified atom stereocenters. The Kier molecular flexibility index (Phi) is 4.50. The highest BCUT2D eigenvalue weighted by molar-refractivity contribution is 7.29. The normalized spacial score (nSPS) is 12.4. The maximum absolute atomic E-state index is 13.6. The van der Waals surface area contributed by atoms with Gasteiger partial charge in [0.1, 0.15) is 0 Å². The summed E-state index contributed by atoms with van der Waals surface area (Å²) in [5.41, 5.74) is 8.05. The van der Waals surface area contributed by atoms with Gasteiger partial charge >= 0.3 is 0 Å². The SMILES string of the molecule is Cc1ccc2sc(-c3cc4c(=O)c5cc6c(cc5c4s3)c(=O)c3cc(-c4cc5cc(N)ccc5s4)sc36)cc2c1. The molecule has 7 heteroatoms. The average molecular weight is 588 g/mol. The highest BCUT2D eigenvalue weighted by atomic mass is 32.1. The monoisotopic (exact) mass is 587 g/mol. The van der Waals surface area contributed by atoms with Crippen molar-refractivity contribution in [3.05, 3.63) is 98.8 Å². The lowest BCUT2D eigenvalue weighted by molar-refractivity contribution is 1.52. The number of anilines is 1. The minimum atomic E-state index is 0.0400. The van der Waals surface area contributed by atoms with Crippen LogP contribution in [0.2, 0.25) is 0 Å². The van der Waals surface area contributed by atoms with E-state index in [4.69, 9.17) is 5.73 Å². The number of hydrogen-bond acceptors (Lipinski definition) is 7. The second-order valence-electron chi connectivity index (χ2n) is 10.4. The van der Waals surface area contributed by atoms with Gasteiger partial charge in [0.2, 0.25) is 0 Å². The molecule has 40 heavy (non-hydrogen) atoms. The lowest BCUT2D eigenvalue weighted by atomic mass is 10.1. The third-order valence-corrected chi connectivity index (χ3v) is 12.7. The highest BCUT2D eigenvalue weighted by Crippen LogP contribution is 2.45. The highest BCUT2D eigenvalue weighted by Gasteiger charge is 2.21. The Balaban J connectivity index is 1.22. The number of nitrogen functional groups attached to an aromatic ring is 1. The van der Waals surface area contributed by atoms with Gasteiger partial charge in [0.25, 0.3) is 0 Å². The van der Waals surface area contributed by atoms with E-state index in [1.165, 1.54) is 25.2 Å². The molecular weight excluding hydrogens is 571 g/mol. The molecule has 0 radical (unpaired) electrons. The van der Waals surface area contributed by atoms with E-state index in [1.54, 1.807) is 45.3 Å². The first-order valence-electron chi connectivity index (χ1n) is 12.8. The second-order valence-corrected chi connectivity index (χ2v) is 14.6. The van der Waals surface area contributed by atoms with Gasteiger partial charge in [-0.2, -0.15) is 0 Å². The largest absolute Gasteiger partial charge is 0.399 e. The van der Waals surface area contributed by atoms with Crippen LogP contribution in [0.15, 0.2) is 82.4 Å². The Hall–Kier alpha value is -3.88. The predicted octanol–water partition coefficient (Wildman–Crippen LogP) is 9.67. The van der Waals surface area contributed by atoms with E-state index in [9.17, 15) is 9.59 Å². The fourth-order valence-corrected chi connectivity index (χ4v) is 10.5. The van der Waals surface area contributed by atoms with Gasteiger partial charge in [-0.1, -0.05) is 17.7 Å². The van der Waals surface area contributed by atoms with Gasteiger partial charge in [0.05, 0.1) is 0 Å². The molecule has 5 aromatic carbocycles. The van der Waals surface area contributed by atoms with Crippen molar-refractivity contribution >= 4 is 113 Å². The Morgan fingerprint density at radius 3 is 1.57 bits per heavy atom. The van der Waals surface area contributed by atoms with E-state index < -0.39 is 0 Å². The Labute approximate surface area is 242 Å². The topological polar surface area (TPSA) is 60.2 Å². The van der Waals surface area contributed by atoms with Crippen LogP contribution in [0.25, 0.3) is 81.4 Å². The summed E-state index contributed by atoms with van der Waals surface area (Å²) in [5.74, 6) is 0. The zero-order chi connectivity index (χ0) is 26.9. The van der Waals surface area contributed by atoms with Crippen molar-refractivity contribution < 1.29 is 0 Å². The molecule has 190 valence electrons. The standard InChI is InChI=1S/C33H17NO2S4/c1-14-2-4-24-15(6-14)8-26(37-24)28-12-22-30(35)18-11-21-19(10-20(18)32(22)39-28)31(36)23-13-29(40-33(21)23)27-9-16-7-17(34)3-5-25(16)38-27/h2-13H,34H2,1H3. The zero-order valence-electron chi connectivity index (χ0n) is 21.0. The Bertz CT molecular complexity index is 2430. The van der Waals surface area contributed by atoms with Gasteiger partial charge in [-0.3, -0.25) is 9.59 Å². The van der Waals surface area contributed by atoms with Crippen LogP contribution in [0.3, 0.4) is 0 Å². The first kappa shape index (κ1) is 22.9. The lowest BCUT2D eigenvalue weighted by Gasteiger charge is -1.94. The Morgan fingerprint density at radius 1 is 0.500 bits per heavy atom. The number of nitrogens with two attached hydrogens (primary N) is 1. The van der Waals surface area contributed by atoms with Crippen molar-refractivity contribution in [2.75, 3.05) is 5.73 Å². The van der Waals surface area contributed by atoms with Crippen LogP contribution in [-0.2, 0) is 0 Å². The number of rotatable bonds is 2. The van der Waals surface area contributed by atoms with Gasteiger partial charge in [-0.05, 0) is 78.4 Å². The summed E-state index contributed by atoms with van der Waals surface area (Å²) in [4.78, 5) is 31.7. The zero-order valence-corrected chi connectivity index (χ0v) is 24.2. The number of thiophene rings is 4. The fraction of sp³-hybridized carbons (Fsp3) is 0.0303. The van der Waals surface area contributed by atoms with E-state index in [1.807, 2.05) is 42.5 Å². The maximum Gasteiger partial charge on any atom is 0.195 e. The van der Waals surface area contributed by atoms with Crippen LogP contribution < -0.4 is 16.6 Å². The van der Waals surface area contributed by atoms with Gasteiger partial charge in [0.15, 0.2) is 10.9 Å². The van der Waals surface area contributed by atoms with E-state index in [-0.39, 0.29) is 10.9 Å². The van der Waals surface area contributed by atoms with E-state index in [0.717, 1.165) is 56.6 Å². The van der Waals surface area contributed by atoms with Gasteiger partial charge in [-0.25, -0.2) is 0 Å². The van der Waals surface area contributed by atoms with Crippen molar-refractivity contribution in [1.29, 1.82) is 0 Å². The summed E-state index contributed by atoms with van der Waals surface area (Å²) < 4.78 is 4.34. The minimum Gasteiger partial charge on any atom is -0.399 e. The molecule has 0 bridgehead atoms. The summed E-state index contributed by atoms with van der Waals surface area (Å²) >= 11 is 6.74. The molecular formula is C33H17NO2S4. The number of fused-ring (bicyclic) bond motifs is 8. The van der Waals surface area contributed by atoms with Crippen molar-refractivity contribution in [2.45, 2.75) is 6.92 Å². The van der Waals surface area contributed by atoms with Crippen LogP contribution in [0.5, 0.6) is 0 Å². The average Bonchev–Trinajstić information content (AvgIpc) is 3.76. The minimum absolute atomic E-state index is 0.0400. The molecule has 0 amide bonds. The third-order valence-electron chi connectivity index (χ3n) is 7.79. The number of benzene rings is 3. The molecule has 0 aliphatic rings. The molecule has 0 fully saturated rings. The summed E-state index contributed by atoms with van der Waals surface area (Å²) in [7, 11) is 0. The van der Waals surface area contributed by atoms with Crippen molar-refractivity contribution in [3.8, 4) is 19.5 Å². The maximum atomic E-state index is 13.6. The van der Waals surface area contributed by atoms with Gasteiger partial charge in [-0.15, -0.1) is 45.3 Å². The summed E-state index contributed by atoms with van der Waals surface area (Å²) in [5, 5.41) is 6.98. The molecule has 3 nitrogen and oxygen atoms in total. The molecule has 4 aromatic heterocycles. The first-order chi connectivity index (χ1) is 19.4. The number of aryl methyl sites for hydroxylation is 1. The van der Waals surface area contributed by atoms with Gasteiger partial charge < -0.3 is 5.73 Å². The smallest absolute Gasteiger partial charge is 0.195 e. The van der Waals surface area contributed by atoms with Crippen LogP contribution in [-0.4, -0.2) is 0 Å². The molecule has 0 spiro atoms. The van der Waals surface area contributed by atoms with Crippen molar-refractivity contribution in [3.63, 3.8) is 0 Å². The lowest BCUT2D eigenvalue weighted by Crippen LogP contribution is -1.95. The molecule has 0 aliphatic heterocycles. The predicted molar refractivity (Wildman–Crippen MR) is 178 cm³/mol. The molecule has 9 rings (SSSR count). The van der Waals surface area contributed by atoms with E-state index in [2.05, 4.69) is 37.3 Å². The molecule has 4 heterocycles. The molecule has 0 saturated carbocycles. The molecule has 0 saturated heterocycles. The Morgan fingerprint density at radius 2 is 1.00 bits per heavy atom. The summed E-state index contributed by atoms with van der Waals surface area (Å²) in [6.45, 7) is 2.10. The number of hydrogen-bond donors (Lipinski definition) is 1. The molecule has 0 atom stereocenters. The fourth-order valence-electron chi connectivity index (χ4n) is 5.87. The van der Waals surface area contributed by atoms with Gasteiger partial charge in [0, 0.05) is 76.3 Å². The van der Waals surface area contributed by atoms with Crippen molar-refractivity contribution in [1.82, 2.24) is 0 Å². The van der Waals surface area contributed by atoms with E-state index in [0.29, 0.717) is 10.8 Å². The van der Waals surface area contributed by atoms with Crippen LogP contribution >= 0.6 is 45.3 Å². The van der Waals surface area contributed by atoms with Crippen LogP contribution in [0, 0.1) is 6.92 Å². The molecule has 2 N–H and O–H groups in total. The summed E-state index contributed by atoms with van der Waals surface area (Å²) in [6, 6.07) is 24.8. The van der Waals surface area contributed by atoms with Crippen LogP contribution in [0.1, 0.15) is 5.56 Å². The summed E-state index contributed by atoms with van der Waals surface area (Å²) in [6.07, 6.45) is 0. The van der Waals surface area contributed by atoms with Crippen molar-refractivity contribution in [2.24, 2.45) is 0 Å².